The van der Waals surface area contributed by atoms with Gasteiger partial charge in [0, 0.05) is 18.5 Å². The zero-order valence-corrected chi connectivity index (χ0v) is 10.9. The highest BCUT2D eigenvalue weighted by atomic mass is 32.2. The van der Waals surface area contributed by atoms with Crippen molar-refractivity contribution >= 4 is 16.0 Å². The number of sulfonamides is 1. The van der Waals surface area contributed by atoms with Gasteiger partial charge in [-0.25, -0.2) is 8.42 Å². The molecule has 0 atom stereocenters. The van der Waals surface area contributed by atoms with Crippen LogP contribution in [0.15, 0.2) is 29.2 Å². The summed E-state index contributed by atoms with van der Waals surface area (Å²) in [6.45, 7) is -0.182. The van der Waals surface area contributed by atoms with Gasteiger partial charge in [-0.3, -0.25) is 4.79 Å². The van der Waals surface area contributed by atoms with Crippen molar-refractivity contribution in [3.63, 3.8) is 0 Å². The number of hydrogen-bond acceptors (Lipinski definition) is 4. The van der Waals surface area contributed by atoms with E-state index in [0.29, 0.717) is 18.5 Å². The maximum atomic E-state index is 11.7. The van der Waals surface area contributed by atoms with Gasteiger partial charge in [-0.2, -0.15) is 4.72 Å². The predicted molar refractivity (Wildman–Crippen MR) is 69.8 cm³/mol. The topological polar surface area (TPSA) is 109 Å². The molecule has 1 aromatic carbocycles. The molecule has 0 radical (unpaired) electrons. The average Bonchev–Trinajstić information content (AvgIpc) is 2.37. The second-order valence-electron chi connectivity index (χ2n) is 3.58. The van der Waals surface area contributed by atoms with Gasteiger partial charge in [0.05, 0.1) is 4.90 Å². The number of aliphatic carboxylic acids is 1. The lowest BCUT2D eigenvalue weighted by molar-refractivity contribution is -0.135. The Morgan fingerprint density at radius 1 is 1.32 bits per heavy atom. The number of rotatable bonds is 5. The van der Waals surface area contributed by atoms with Crippen molar-refractivity contribution < 1.29 is 18.3 Å². The summed E-state index contributed by atoms with van der Waals surface area (Å²) in [5.41, 5.74) is 5.97. The molecule has 0 fully saturated rings. The third-order valence-corrected chi connectivity index (χ3v) is 3.50. The number of hydrogen-bond donors (Lipinski definition) is 3. The van der Waals surface area contributed by atoms with E-state index in [0.717, 1.165) is 0 Å². The first-order chi connectivity index (χ1) is 8.95. The first-order valence-electron chi connectivity index (χ1n) is 5.46. The smallest absolute Gasteiger partial charge is 0.318 e. The molecule has 0 spiro atoms. The molecule has 19 heavy (non-hydrogen) atoms. The molecule has 0 heterocycles. The SMILES string of the molecule is NCCC#Cc1ccc(S(=O)(=O)NCC(=O)O)cc1. The Balaban J connectivity index is 2.81. The van der Waals surface area contributed by atoms with Crippen molar-refractivity contribution in [2.24, 2.45) is 5.73 Å². The molecule has 0 saturated heterocycles. The van der Waals surface area contributed by atoms with Crippen molar-refractivity contribution in [2.75, 3.05) is 13.1 Å². The second kappa shape index (κ2) is 6.89. The van der Waals surface area contributed by atoms with Gasteiger partial charge in [0.25, 0.3) is 0 Å². The van der Waals surface area contributed by atoms with Crippen LogP contribution in [0.2, 0.25) is 0 Å². The van der Waals surface area contributed by atoms with E-state index in [9.17, 15) is 13.2 Å². The van der Waals surface area contributed by atoms with Gasteiger partial charge < -0.3 is 10.8 Å². The molecule has 7 heteroatoms. The maximum Gasteiger partial charge on any atom is 0.318 e. The van der Waals surface area contributed by atoms with Crippen LogP contribution in [0.4, 0.5) is 0 Å². The Labute approximate surface area is 111 Å². The molecule has 0 unspecified atom stereocenters. The fraction of sp³-hybridized carbons (Fsp3) is 0.250. The number of carboxylic acids is 1. The van der Waals surface area contributed by atoms with E-state index in [1.54, 1.807) is 12.1 Å². The molecule has 0 aromatic heterocycles. The molecule has 1 aromatic rings. The van der Waals surface area contributed by atoms with Gasteiger partial charge in [0.15, 0.2) is 0 Å². The van der Waals surface area contributed by atoms with E-state index in [1.807, 2.05) is 4.72 Å². The third-order valence-electron chi connectivity index (χ3n) is 2.08. The first-order valence-corrected chi connectivity index (χ1v) is 6.94. The molecule has 1 rings (SSSR count). The fourth-order valence-corrected chi connectivity index (χ4v) is 2.17. The van der Waals surface area contributed by atoms with Gasteiger partial charge in [0.1, 0.15) is 6.54 Å². The minimum atomic E-state index is -3.80. The minimum absolute atomic E-state index is 0.00174. The van der Waals surface area contributed by atoms with Crippen LogP contribution in [0.3, 0.4) is 0 Å². The van der Waals surface area contributed by atoms with E-state index in [2.05, 4.69) is 11.8 Å². The second-order valence-corrected chi connectivity index (χ2v) is 5.35. The number of nitrogens with one attached hydrogen (secondary N) is 1. The van der Waals surface area contributed by atoms with Crippen LogP contribution < -0.4 is 10.5 Å². The van der Waals surface area contributed by atoms with Gasteiger partial charge in [-0.05, 0) is 24.3 Å². The van der Waals surface area contributed by atoms with Crippen molar-refractivity contribution in [3.8, 4) is 11.8 Å². The van der Waals surface area contributed by atoms with Crippen molar-refractivity contribution in [3.05, 3.63) is 29.8 Å². The summed E-state index contributed by atoms with van der Waals surface area (Å²) in [5.74, 6) is 4.42. The Morgan fingerprint density at radius 3 is 2.47 bits per heavy atom. The van der Waals surface area contributed by atoms with Crippen LogP contribution >= 0.6 is 0 Å². The highest BCUT2D eigenvalue weighted by Gasteiger charge is 2.14. The fourth-order valence-electron chi connectivity index (χ4n) is 1.19. The number of nitrogens with two attached hydrogens (primary N) is 1. The van der Waals surface area contributed by atoms with Crippen LogP contribution in [0, 0.1) is 11.8 Å². The molecule has 0 aliphatic rings. The minimum Gasteiger partial charge on any atom is -0.480 e. The Bertz CT molecular complexity index is 597. The summed E-state index contributed by atoms with van der Waals surface area (Å²) in [7, 11) is -3.80. The summed E-state index contributed by atoms with van der Waals surface area (Å²) >= 11 is 0. The molecule has 0 bridgehead atoms. The van der Waals surface area contributed by atoms with Gasteiger partial charge in [-0.1, -0.05) is 11.8 Å². The average molecular weight is 282 g/mol. The van der Waals surface area contributed by atoms with Crippen LogP contribution in [0.25, 0.3) is 0 Å². The Morgan fingerprint density at radius 2 is 1.95 bits per heavy atom. The van der Waals surface area contributed by atoms with E-state index in [4.69, 9.17) is 10.8 Å². The summed E-state index contributed by atoms with van der Waals surface area (Å²) < 4.78 is 25.3. The Kier molecular flexibility index (Phi) is 5.51. The first kappa shape index (κ1) is 15.2. The monoisotopic (exact) mass is 282 g/mol. The van der Waals surface area contributed by atoms with Crippen molar-refractivity contribution in [2.45, 2.75) is 11.3 Å². The van der Waals surface area contributed by atoms with Crippen molar-refractivity contribution in [1.29, 1.82) is 0 Å². The zero-order chi connectivity index (χ0) is 14.3. The van der Waals surface area contributed by atoms with Crippen molar-refractivity contribution in [1.82, 2.24) is 4.72 Å². The lowest BCUT2D eigenvalue weighted by Crippen LogP contribution is -2.29. The normalized spacial score (nSPS) is 10.6. The van der Waals surface area contributed by atoms with E-state index < -0.39 is 22.5 Å². The molecule has 0 saturated carbocycles. The summed E-state index contributed by atoms with van der Waals surface area (Å²) in [4.78, 5) is 10.3. The molecule has 6 nitrogen and oxygen atoms in total. The standard InChI is InChI=1S/C12H14N2O4S/c13-8-2-1-3-10-4-6-11(7-5-10)19(17,18)14-9-12(15)16/h4-7,14H,2,8-9,13H2,(H,15,16). The zero-order valence-electron chi connectivity index (χ0n) is 10.1. The molecule has 0 amide bonds. The Hall–Kier alpha value is -1.88. The highest BCUT2D eigenvalue weighted by molar-refractivity contribution is 7.89. The van der Waals surface area contributed by atoms with Crippen LogP contribution in [-0.2, 0) is 14.8 Å². The van der Waals surface area contributed by atoms with Crippen LogP contribution in [-0.4, -0.2) is 32.6 Å². The molecule has 0 aliphatic carbocycles. The van der Waals surface area contributed by atoms with Crippen LogP contribution in [0.1, 0.15) is 12.0 Å². The summed E-state index contributed by atoms with van der Waals surface area (Å²) in [6.07, 6.45) is 0.570. The van der Waals surface area contributed by atoms with Gasteiger partial charge >= 0.3 is 5.97 Å². The number of carboxylic acid groups (broad SMARTS) is 1. The summed E-state index contributed by atoms with van der Waals surface area (Å²) in [6, 6.07) is 5.85. The van der Waals surface area contributed by atoms with Crippen LogP contribution in [0.5, 0.6) is 0 Å². The molecule has 0 aliphatic heterocycles. The van der Waals surface area contributed by atoms with E-state index >= 15 is 0 Å². The van der Waals surface area contributed by atoms with Gasteiger partial charge in [0.2, 0.25) is 10.0 Å². The summed E-state index contributed by atoms with van der Waals surface area (Å²) in [5, 5.41) is 8.43. The lowest BCUT2D eigenvalue weighted by Gasteiger charge is -2.04. The number of carbonyl (C=O) groups is 1. The molecular weight excluding hydrogens is 268 g/mol. The van der Waals surface area contributed by atoms with E-state index in [1.165, 1.54) is 12.1 Å². The third kappa shape index (κ3) is 5.09. The maximum absolute atomic E-state index is 11.7. The van der Waals surface area contributed by atoms with E-state index in [-0.39, 0.29) is 4.90 Å². The quantitative estimate of drug-likeness (QED) is 0.645. The molecule has 4 N–H and O–H groups in total. The highest BCUT2D eigenvalue weighted by Crippen LogP contribution is 2.09. The molecular formula is C12H14N2O4S. The predicted octanol–water partition coefficient (Wildman–Crippen LogP) is -0.250. The molecule has 102 valence electrons. The largest absolute Gasteiger partial charge is 0.480 e. The number of benzene rings is 1. The van der Waals surface area contributed by atoms with Gasteiger partial charge in [-0.15, -0.1) is 0 Å². The lowest BCUT2D eigenvalue weighted by atomic mass is 10.2.